The minimum atomic E-state index is -0.628. The summed E-state index contributed by atoms with van der Waals surface area (Å²) in [4.78, 5) is 25.9. The molecular weight excluding hydrogens is 469 g/mol. The van der Waals surface area contributed by atoms with Crippen molar-refractivity contribution < 1.29 is 28.4 Å². The molecule has 1 aliphatic heterocycles. The maximum absolute atomic E-state index is 12.9. The summed E-state index contributed by atoms with van der Waals surface area (Å²) in [5.41, 5.74) is 0.366. The molecule has 1 aromatic rings. The number of hydrogen-bond donors (Lipinski definition) is 1. The third-order valence-corrected chi connectivity index (χ3v) is 8.60. The first-order valence-corrected chi connectivity index (χ1v) is 13.7. The number of hydrogen-bond acceptors (Lipinski definition) is 6. The number of esters is 1. The Morgan fingerprint density at radius 3 is 2.49 bits per heavy atom. The molecule has 5 atom stereocenters. The van der Waals surface area contributed by atoms with Crippen LogP contribution in [0.1, 0.15) is 90.6 Å². The van der Waals surface area contributed by atoms with Crippen LogP contribution >= 0.6 is 0 Å². The molecule has 37 heavy (non-hydrogen) atoms. The first-order chi connectivity index (χ1) is 17.2. The van der Waals surface area contributed by atoms with Gasteiger partial charge in [-0.15, -0.1) is 0 Å². The third kappa shape index (κ3) is 5.42. The number of amides is 1. The topological polar surface area (TPSA) is 83.1 Å². The van der Waals surface area contributed by atoms with Crippen molar-refractivity contribution in [3.8, 4) is 5.75 Å². The van der Waals surface area contributed by atoms with Crippen molar-refractivity contribution in [2.24, 2.45) is 23.2 Å². The van der Waals surface area contributed by atoms with Gasteiger partial charge in [-0.3, -0.25) is 4.79 Å². The van der Waals surface area contributed by atoms with Crippen molar-refractivity contribution in [2.45, 2.75) is 104 Å². The zero-order chi connectivity index (χ0) is 27.3. The number of benzene rings is 1. The molecule has 1 heterocycles. The Morgan fingerprint density at radius 1 is 1.19 bits per heavy atom. The second-order valence-electron chi connectivity index (χ2n) is 13.3. The molecule has 5 rings (SSSR count). The third-order valence-electron chi connectivity index (χ3n) is 8.60. The molecule has 1 amide bonds. The molecule has 2 bridgehead atoms. The largest absolute Gasteiger partial charge is 0.496 e. The number of methoxy groups -OCH3 is 1. The van der Waals surface area contributed by atoms with Gasteiger partial charge in [-0.05, 0) is 81.8 Å². The summed E-state index contributed by atoms with van der Waals surface area (Å²) >= 11 is 0. The lowest BCUT2D eigenvalue weighted by Gasteiger charge is -2.64. The molecule has 7 nitrogen and oxygen atoms in total. The van der Waals surface area contributed by atoms with Gasteiger partial charge in [0.25, 0.3) is 0 Å². The Labute approximate surface area is 222 Å². The number of carbonyl (C=O) groups is 2. The van der Waals surface area contributed by atoms with E-state index in [1.807, 2.05) is 46.8 Å². The Morgan fingerprint density at radius 2 is 1.89 bits per heavy atom. The summed E-state index contributed by atoms with van der Waals surface area (Å²) in [7, 11) is 0.961. The van der Waals surface area contributed by atoms with E-state index in [0.29, 0.717) is 36.0 Å². The van der Waals surface area contributed by atoms with Gasteiger partial charge in [0.1, 0.15) is 16.9 Å². The van der Waals surface area contributed by atoms with Gasteiger partial charge in [0.05, 0.1) is 24.8 Å². The average molecular weight is 513 g/mol. The smallest absolute Gasteiger partial charge is 0.482 e. The molecule has 8 heteroatoms. The standard InChI is InChI=1S/C29H44BNO6/c1-17(2)13-24(32)31-23(30-36-22-16-19-15-21(28(19,6)7)29(22,8)37-30)14-18-11-10-12-20(25(18)34-9)26(33)35-27(3,4)5/h10-12,17,19,21-23H,13-16H2,1-9H3,(H,31,32). The number of ether oxygens (including phenoxy) is 2. The molecule has 1 aromatic carbocycles. The van der Waals surface area contributed by atoms with Crippen molar-refractivity contribution >= 4 is 19.0 Å². The van der Waals surface area contributed by atoms with Crippen molar-refractivity contribution in [1.29, 1.82) is 0 Å². The molecule has 1 saturated heterocycles. The lowest BCUT2D eigenvalue weighted by molar-refractivity contribution is -0.199. The minimum Gasteiger partial charge on any atom is -0.496 e. The predicted molar refractivity (Wildman–Crippen MR) is 143 cm³/mol. The van der Waals surface area contributed by atoms with E-state index < -0.39 is 24.6 Å². The maximum atomic E-state index is 12.9. The number of para-hydroxylation sites is 1. The van der Waals surface area contributed by atoms with Gasteiger partial charge < -0.3 is 24.1 Å². The van der Waals surface area contributed by atoms with E-state index in [2.05, 4.69) is 26.1 Å². The molecule has 4 fully saturated rings. The molecule has 0 aromatic heterocycles. The van der Waals surface area contributed by atoms with Crippen LogP contribution in [0.15, 0.2) is 18.2 Å². The van der Waals surface area contributed by atoms with E-state index in [0.717, 1.165) is 18.4 Å². The lowest BCUT2D eigenvalue weighted by Crippen LogP contribution is -2.65. The number of carbonyl (C=O) groups excluding carboxylic acids is 2. The fourth-order valence-corrected chi connectivity index (χ4v) is 6.64. The van der Waals surface area contributed by atoms with Gasteiger partial charge in [0, 0.05) is 6.42 Å². The quantitative estimate of drug-likeness (QED) is 0.390. The molecule has 3 aliphatic carbocycles. The van der Waals surface area contributed by atoms with Crippen LogP contribution in [0.25, 0.3) is 0 Å². The van der Waals surface area contributed by atoms with E-state index in [1.165, 1.54) is 0 Å². The molecule has 3 saturated carbocycles. The van der Waals surface area contributed by atoms with Crippen LogP contribution in [0, 0.1) is 23.2 Å². The molecule has 4 aliphatic rings. The monoisotopic (exact) mass is 513 g/mol. The van der Waals surface area contributed by atoms with Crippen molar-refractivity contribution in [1.82, 2.24) is 5.32 Å². The van der Waals surface area contributed by atoms with Crippen LogP contribution in [0.3, 0.4) is 0 Å². The summed E-state index contributed by atoms with van der Waals surface area (Å²) < 4.78 is 24.6. The van der Waals surface area contributed by atoms with Gasteiger partial charge in [0.15, 0.2) is 0 Å². The highest BCUT2D eigenvalue weighted by Crippen LogP contribution is 2.65. The van der Waals surface area contributed by atoms with Crippen LogP contribution in [-0.2, 0) is 25.3 Å². The van der Waals surface area contributed by atoms with Gasteiger partial charge >= 0.3 is 13.1 Å². The highest BCUT2D eigenvalue weighted by Gasteiger charge is 2.68. The highest BCUT2D eigenvalue weighted by atomic mass is 16.7. The van der Waals surface area contributed by atoms with Crippen LogP contribution in [0.5, 0.6) is 5.75 Å². The second-order valence-corrected chi connectivity index (χ2v) is 13.3. The summed E-state index contributed by atoms with van der Waals surface area (Å²) in [5.74, 6) is 0.814. The molecule has 204 valence electrons. The first-order valence-electron chi connectivity index (χ1n) is 13.7. The van der Waals surface area contributed by atoms with Crippen LogP contribution < -0.4 is 10.1 Å². The van der Waals surface area contributed by atoms with E-state index in [4.69, 9.17) is 18.8 Å². The number of nitrogens with one attached hydrogen (secondary N) is 1. The van der Waals surface area contributed by atoms with Gasteiger partial charge in [0.2, 0.25) is 5.91 Å². The van der Waals surface area contributed by atoms with Gasteiger partial charge in [-0.1, -0.05) is 39.8 Å². The van der Waals surface area contributed by atoms with Crippen molar-refractivity contribution in [3.63, 3.8) is 0 Å². The van der Waals surface area contributed by atoms with Gasteiger partial charge in [-0.25, -0.2) is 4.79 Å². The SMILES string of the molecule is COc1c(CC(NC(=O)CC(C)C)B2OC3CC4CC(C4(C)C)C3(C)O2)cccc1C(=O)OC(C)(C)C. The predicted octanol–water partition coefficient (Wildman–Crippen LogP) is 4.99. The molecule has 0 radical (unpaired) electrons. The Bertz CT molecular complexity index is 1030. The van der Waals surface area contributed by atoms with E-state index in [1.54, 1.807) is 13.2 Å². The van der Waals surface area contributed by atoms with Crippen LogP contribution in [0.2, 0.25) is 0 Å². The molecule has 5 unspecified atom stereocenters. The van der Waals surface area contributed by atoms with E-state index in [9.17, 15) is 9.59 Å². The summed E-state index contributed by atoms with van der Waals surface area (Å²) in [5, 5.41) is 3.19. The normalized spacial score (nSPS) is 28.8. The fraction of sp³-hybridized carbons (Fsp3) is 0.724. The summed E-state index contributed by atoms with van der Waals surface area (Å²) in [6.07, 6.45) is 2.95. The maximum Gasteiger partial charge on any atom is 0.482 e. The van der Waals surface area contributed by atoms with E-state index in [-0.39, 0.29) is 28.9 Å². The Kier molecular flexibility index (Phi) is 7.50. The number of rotatable bonds is 8. The molecule has 1 N–H and O–H groups in total. The Balaban J connectivity index is 1.61. The van der Waals surface area contributed by atoms with Crippen LogP contribution in [-0.4, -0.2) is 49.4 Å². The van der Waals surface area contributed by atoms with E-state index >= 15 is 0 Å². The van der Waals surface area contributed by atoms with Crippen molar-refractivity contribution in [2.75, 3.05) is 7.11 Å². The summed E-state index contributed by atoms with van der Waals surface area (Å²) in [6.45, 7) is 16.4. The second kappa shape index (κ2) is 9.92. The lowest BCUT2D eigenvalue weighted by atomic mass is 9.43. The zero-order valence-corrected chi connectivity index (χ0v) is 24.0. The van der Waals surface area contributed by atoms with Crippen LogP contribution in [0.4, 0.5) is 0 Å². The Hall–Kier alpha value is -2.06. The van der Waals surface area contributed by atoms with Crippen molar-refractivity contribution in [3.05, 3.63) is 29.3 Å². The molecular formula is C29H44BNO6. The first kappa shape index (κ1) is 28.0. The summed E-state index contributed by atoms with van der Waals surface area (Å²) in [6, 6.07) is 5.44. The zero-order valence-electron chi connectivity index (χ0n) is 24.0. The fourth-order valence-electron chi connectivity index (χ4n) is 6.64. The highest BCUT2D eigenvalue weighted by molar-refractivity contribution is 6.48. The van der Waals surface area contributed by atoms with Gasteiger partial charge in [-0.2, -0.15) is 0 Å². The average Bonchev–Trinajstić information content (AvgIpc) is 3.13. The minimum absolute atomic E-state index is 0.00812. The molecule has 0 spiro atoms.